The van der Waals surface area contributed by atoms with E-state index in [0.29, 0.717) is 53.4 Å². The number of nitriles is 1. The van der Waals surface area contributed by atoms with Crippen LogP contribution >= 0.6 is 23.2 Å². The number of hydrogen-bond acceptors (Lipinski definition) is 5. The third-order valence-corrected chi connectivity index (χ3v) is 4.69. The summed E-state index contributed by atoms with van der Waals surface area (Å²) < 4.78 is 11.2. The van der Waals surface area contributed by atoms with Gasteiger partial charge in [-0.1, -0.05) is 29.3 Å². The minimum absolute atomic E-state index is 0.0530. The molecule has 0 bridgehead atoms. The van der Waals surface area contributed by atoms with Crippen molar-refractivity contribution in [1.82, 2.24) is 5.32 Å². The minimum Gasteiger partial charge on any atom is -0.490 e. The number of nitrogens with zero attached hydrogens (tertiary/aromatic N) is 1. The van der Waals surface area contributed by atoms with E-state index < -0.39 is 5.91 Å². The molecule has 0 aromatic heterocycles. The second-order valence-corrected chi connectivity index (χ2v) is 6.92. The molecule has 0 aliphatic heterocycles. The van der Waals surface area contributed by atoms with Gasteiger partial charge in [-0.25, -0.2) is 0 Å². The zero-order valence-electron chi connectivity index (χ0n) is 16.8. The lowest BCUT2D eigenvalue weighted by Gasteiger charge is -2.12. The smallest absolute Gasteiger partial charge is 0.267 e. The van der Waals surface area contributed by atoms with Crippen molar-refractivity contribution in [3.63, 3.8) is 0 Å². The molecule has 6 nitrogen and oxygen atoms in total. The Labute approximate surface area is 186 Å². The van der Waals surface area contributed by atoms with Crippen molar-refractivity contribution >= 4 is 34.8 Å². The van der Waals surface area contributed by atoms with Crippen LogP contribution in [0.2, 0.25) is 10.0 Å². The van der Waals surface area contributed by atoms with Crippen molar-refractivity contribution in [3.05, 3.63) is 63.8 Å². The highest BCUT2D eigenvalue weighted by atomic mass is 35.5. The Bertz CT molecular complexity index is 955. The maximum atomic E-state index is 12.3. The topological polar surface area (TPSA) is 83.4 Å². The van der Waals surface area contributed by atoms with Gasteiger partial charge in [0.2, 0.25) is 0 Å². The van der Waals surface area contributed by atoms with E-state index in [9.17, 15) is 10.1 Å². The zero-order chi connectivity index (χ0) is 21.9. The minimum atomic E-state index is -0.539. The molecule has 0 saturated carbocycles. The lowest BCUT2D eigenvalue weighted by molar-refractivity contribution is -0.112. The van der Waals surface area contributed by atoms with Crippen LogP contribution in [0.4, 0.5) is 5.69 Å². The van der Waals surface area contributed by atoms with E-state index in [1.54, 1.807) is 12.1 Å². The van der Waals surface area contributed by atoms with E-state index in [4.69, 9.17) is 32.7 Å². The maximum absolute atomic E-state index is 12.3. The molecule has 2 aromatic rings. The van der Waals surface area contributed by atoms with Crippen LogP contribution in [-0.4, -0.2) is 25.7 Å². The van der Waals surface area contributed by atoms with Crippen molar-refractivity contribution in [3.8, 4) is 17.6 Å². The molecule has 158 valence electrons. The normalized spacial score (nSPS) is 10.8. The van der Waals surface area contributed by atoms with Gasteiger partial charge in [-0.15, -0.1) is 0 Å². The Morgan fingerprint density at radius 2 is 1.80 bits per heavy atom. The van der Waals surface area contributed by atoms with Gasteiger partial charge < -0.3 is 20.1 Å². The highest BCUT2D eigenvalue weighted by molar-refractivity contribution is 6.42. The van der Waals surface area contributed by atoms with E-state index in [2.05, 4.69) is 10.6 Å². The lowest BCUT2D eigenvalue weighted by atomic mass is 10.1. The van der Waals surface area contributed by atoms with Crippen molar-refractivity contribution in [2.45, 2.75) is 20.3 Å². The predicted molar refractivity (Wildman–Crippen MR) is 119 cm³/mol. The number of ether oxygens (including phenoxy) is 2. The number of carbonyl (C=O) groups is 1. The molecule has 0 radical (unpaired) electrons. The van der Waals surface area contributed by atoms with Crippen LogP contribution in [0.5, 0.6) is 11.5 Å². The number of anilines is 1. The first-order valence-electron chi connectivity index (χ1n) is 9.47. The van der Waals surface area contributed by atoms with Crippen LogP contribution in [0.25, 0.3) is 0 Å². The number of halogens is 2. The Kier molecular flexibility index (Phi) is 9.33. The molecule has 0 heterocycles. The summed E-state index contributed by atoms with van der Waals surface area (Å²) >= 11 is 11.8. The van der Waals surface area contributed by atoms with Crippen LogP contribution in [0, 0.1) is 11.3 Å². The standard InChI is InChI=1S/C22H23Cl2N3O3/c1-3-29-20-8-5-15(11-21(20)30-4-2)9-10-26-14-16(13-25)22(28)27-17-6-7-18(23)19(24)12-17/h5-8,11-12,14,26H,3-4,9-10H2,1-2H3,(H,27,28)/b16-14-. The largest absolute Gasteiger partial charge is 0.490 e. The monoisotopic (exact) mass is 447 g/mol. The highest BCUT2D eigenvalue weighted by Crippen LogP contribution is 2.28. The molecule has 0 aliphatic rings. The average Bonchev–Trinajstić information content (AvgIpc) is 2.73. The summed E-state index contributed by atoms with van der Waals surface area (Å²) in [6, 6.07) is 12.4. The number of carbonyl (C=O) groups excluding carboxylic acids is 1. The van der Waals surface area contributed by atoms with Gasteiger partial charge in [-0.3, -0.25) is 4.79 Å². The van der Waals surface area contributed by atoms with Gasteiger partial charge in [0.05, 0.1) is 23.3 Å². The number of nitrogens with one attached hydrogen (secondary N) is 2. The van der Waals surface area contributed by atoms with Crippen molar-refractivity contribution in [2.24, 2.45) is 0 Å². The Balaban J connectivity index is 1.94. The molecule has 8 heteroatoms. The van der Waals surface area contributed by atoms with E-state index in [0.717, 1.165) is 5.56 Å². The molecule has 0 aliphatic carbocycles. The van der Waals surface area contributed by atoms with E-state index in [1.165, 1.54) is 12.3 Å². The van der Waals surface area contributed by atoms with E-state index >= 15 is 0 Å². The molecular formula is C22H23Cl2N3O3. The van der Waals surface area contributed by atoms with Gasteiger partial charge in [0.1, 0.15) is 11.6 Å². The first kappa shape index (κ1) is 23.4. The van der Waals surface area contributed by atoms with Gasteiger partial charge in [0.15, 0.2) is 11.5 Å². The zero-order valence-corrected chi connectivity index (χ0v) is 18.3. The van der Waals surface area contributed by atoms with Crippen LogP contribution in [-0.2, 0) is 11.2 Å². The van der Waals surface area contributed by atoms with Gasteiger partial charge in [0.25, 0.3) is 5.91 Å². The summed E-state index contributed by atoms with van der Waals surface area (Å²) in [7, 11) is 0. The molecule has 0 atom stereocenters. The van der Waals surface area contributed by atoms with Gasteiger partial charge in [-0.05, 0) is 56.2 Å². The number of rotatable bonds is 10. The molecule has 2 rings (SSSR count). The molecule has 30 heavy (non-hydrogen) atoms. The van der Waals surface area contributed by atoms with Crippen LogP contribution in [0.3, 0.4) is 0 Å². The molecule has 0 spiro atoms. The third kappa shape index (κ3) is 6.87. The fourth-order valence-corrected chi connectivity index (χ4v) is 2.86. The molecular weight excluding hydrogens is 425 g/mol. The van der Waals surface area contributed by atoms with Crippen molar-refractivity contribution < 1.29 is 14.3 Å². The summed E-state index contributed by atoms with van der Waals surface area (Å²) in [5.74, 6) is 0.871. The first-order chi connectivity index (χ1) is 14.5. The van der Waals surface area contributed by atoms with Gasteiger partial charge >= 0.3 is 0 Å². The Hall–Kier alpha value is -2.88. The molecule has 0 unspecified atom stereocenters. The Morgan fingerprint density at radius 3 is 2.47 bits per heavy atom. The second-order valence-electron chi connectivity index (χ2n) is 6.10. The van der Waals surface area contributed by atoms with Crippen LogP contribution in [0.1, 0.15) is 19.4 Å². The molecule has 1 amide bonds. The number of benzene rings is 2. The summed E-state index contributed by atoms with van der Waals surface area (Å²) in [4.78, 5) is 12.3. The van der Waals surface area contributed by atoms with Gasteiger partial charge in [-0.2, -0.15) is 5.26 Å². The number of hydrogen-bond donors (Lipinski definition) is 2. The molecule has 0 fully saturated rings. The SMILES string of the molecule is CCOc1ccc(CCN/C=C(/C#N)C(=O)Nc2ccc(Cl)c(Cl)c2)cc1OCC. The summed E-state index contributed by atoms with van der Waals surface area (Å²) in [5.41, 5.74) is 1.44. The highest BCUT2D eigenvalue weighted by Gasteiger charge is 2.10. The summed E-state index contributed by atoms with van der Waals surface area (Å²) in [6.45, 7) is 5.48. The van der Waals surface area contributed by atoms with Crippen molar-refractivity contribution in [2.75, 3.05) is 25.1 Å². The fourth-order valence-electron chi connectivity index (χ4n) is 2.56. The maximum Gasteiger partial charge on any atom is 0.267 e. The Morgan fingerprint density at radius 1 is 1.07 bits per heavy atom. The molecule has 2 aromatic carbocycles. The second kappa shape index (κ2) is 12.0. The van der Waals surface area contributed by atoms with Crippen molar-refractivity contribution in [1.29, 1.82) is 5.26 Å². The average molecular weight is 448 g/mol. The first-order valence-corrected chi connectivity index (χ1v) is 10.2. The summed E-state index contributed by atoms with van der Waals surface area (Å²) in [6.07, 6.45) is 2.07. The van der Waals surface area contributed by atoms with Crippen LogP contribution in [0.15, 0.2) is 48.2 Å². The third-order valence-electron chi connectivity index (χ3n) is 3.95. The molecule has 0 saturated heterocycles. The quantitative estimate of drug-likeness (QED) is 0.305. The lowest BCUT2D eigenvalue weighted by Crippen LogP contribution is -2.18. The number of amides is 1. The summed E-state index contributed by atoms with van der Waals surface area (Å²) in [5, 5.41) is 15.6. The van der Waals surface area contributed by atoms with E-state index in [1.807, 2.05) is 38.1 Å². The van der Waals surface area contributed by atoms with Gasteiger partial charge in [0, 0.05) is 18.4 Å². The predicted octanol–water partition coefficient (Wildman–Crippen LogP) is 4.97. The molecule has 2 N–H and O–H groups in total. The van der Waals surface area contributed by atoms with Crippen LogP contribution < -0.4 is 20.1 Å². The van der Waals surface area contributed by atoms with E-state index in [-0.39, 0.29) is 5.57 Å². The fraction of sp³-hybridized carbons (Fsp3) is 0.273.